The van der Waals surface area contributed by atoms with E-state index < -0.39 is 17.8 Å². The number of carbonyl (C=O) groups is 3. The molecule has 7 nitrogen and oxygen atoms in total. The van der Waals surface area contributed by atoms with Gasteiger partial charge in [0.25, 0.3) is 5.91 Å². The Labute approximate surface area is 121 Å². The fraction of sp³-hybridized carbons (Fsp3) is 0.429. The highest BCUT2D eigenvalue weighted by Gasteiger charge is 2.29. The third kappa shape index (κ3) is 3.56. The molecule has 0 atom stereocenters. The molecule has 3 N–H and O–H groups in total. The summed E-state index contributed by atoms with van der Waals surface area (Å²) >= 11 is 0. The van der Waals surface area contributed by atoms with E-state index in [1.54, 1.807) is 0 Å². The van der Waals surface area contributed by atoms with Crippen molar-refractivity contribution in [1.82, 2.24) is 9.88 Å². The molecule has 1 heterocycles. The van der Waals surface area contributed by atoms with Crippen LogP contribution < -0.4 is 5.73 Å². The standard InChI is InChI=1S/C14H17N3O4/c15-12(18)8-17(9-4-1-2-5-9)13(19)10-6-3-7-11(16-10)14(20)21/h3,6-7,9H,1-2,4-5,8H2,(H2,15,18)(H,20,21). The molecule has 1 aliphatic carbocycles. The fourth-order valence-corrected chi connectivity index (χ4v) is 2.57. The van der Waals surface area contributed by atoms with Crippen molar-refractivity contribution in [2.45, 2.75) is 31.7 Å². The average molecular weight is 291 g/mol. The number of nitrogens with zero attached hydrogens (tertiary/aromatic N) is 2. The van der Waals surface area contributed by atoms with Crippen molar-refractivity contribution < 1.29 is 19.5 Å². The minimum absolute atomic E-state index is 0.0167. The second-order valence-corrected chi connectivity index (χ2v) is 5.05. The molecule has 0 bridgehead atoms. The number of pyridine rings is 1. The second kappa shape index (κ2) is 6.34. The van der Waals surface area contributed by atoms with E-state index in [9.17, 15) is 14.4 Å². The van der Waals surface area contributed by atoms with Crippen LogP contribution in [0.15, 0.2) is 18.2 Å². The van der Waals surface area contributed by atoms with Crippen LogP contribution in [-0.2, 0) is 4.79 Å². The molecule has 0 unspecified atom stereocenters. The zero-order valence-corrected chi connectivity index (χ0v) is 11.5. The summed E-state index contributed by atoms with van der Waals surface area (Å²) in [4.78, 5) is 39.8. The number of carboxylic acids is 1. The number of aromatic nitrogens is 1. The average Bonchev–Trinajstić information content (AvgIpc) is 2.98. The van der Waals surface area contributed by atoms with Gasteiger partial charge in [-0.2, -0.15) is 0 Å². The van der Waals surface area contributed by atoms with E-state index >= 15 is 0 Å². The quantitative estimate of drug-likeness (QED) is 0.826. The molecule has 112 valence electrons. The van der Waals surface area contributed by atoms with Crippen LogP contribution in [0.3, 0.4) is 0 Å². The highest BCUT2D eigenvalue weighted by atomic mass is 16.4. The largest absolute Gasteiger partial charge is 0.477 e. The number of carboxylic acid groups (broad SMARTS) is 1. The third-order valence-corrected chi connectivity index (χ3v) is 3.54. The SMILES string of the molecule is NC(=O)CN(C(=O)c1cccc(C(=O)O)n1)C1CCCC1. The molecule has 1 aromatic heterocycles. The van der Waals surface area contributed by atoms with Gasteiger partial charge in [0.1, 0.15) is 11.4 Å². The summed E-state index contributed by atoms with van der Waals surface area (Å²) in [5.41, 5.74) is 5.02. The van der Waals surface area contributed by atoms with Crippen molar-refractivity contribution in [2.24, 2.45) is 5.73 Å². The second-order valence-electron chi connectivity index (χ2n) is 5.05. The molecule has 0 aromatic carbocycles. The van der Waals surface area contributed by atoms with Crippen molar-refractivity contribution in [3.05, 3.63) is 29.6 Å². The maximum atomic E-state index is 12.5. The Hall–Kier alpha value is -2.44. The van der Waals surface area contributed by atoms with Crippen molar-refractivity contribution in [1.29, 1.82) is 0 Å². The Kier molecular flexibility index (Phi) is 4.52. The van der Waals surface area contributed by atoms with E-state index in [0.717, 1.165) is 25.7 Å². The predicted molar refractivity (Wildman–Crippen MR) is 73.7 cm³/mol. The summed E-state index contributed by atoms with van der Waals surface area (Å²) in [5, 5.41) is 8.93. The van der Waals surface area contributed by atoms with Gasteiger partial charge in [0.15, 0.2) is 0 Å². The lowest BCUT2D eigenvalue weighted by atomic mass is 10.2. The van der Waals surface area contributed by atoms with E-state index in [2.05, 4.69) is 4.98 Å². The van der Waals surface area contributed by atoms with Gasteiger partial charge in [-0.05, 0) is 25.0 Å². The van der Waals surface area contributed by atoms with E-state index in [-0.39, 0.29) is 24.0 Å². The summed E-state index contributed by atoms with van der Waals surface area (Å²) in [7, 11) is 0. The maximum Gasteiger partial charge on any atom is 0.354 e. The Morgan fingerprint density at radius 2 is 1.86 bits per heavy atom. The molecule has 1 fully saturated rings. The van der Waals surface area contributed by atoms with Crippen molar-refractivity contribution in [3.63, 3.8) is 0 Å². The molecular formula is C14H17N3O4. The number of hydrogen-bond donors (Lipinski definition) is 2. The molecule has 0 aliphatic heterocycles. The lowest BCUT2D eigenvalue weighted by Crippen LogP contribution is -2.44. The van der Waals surface area contributed by atoms with E-state index in [0.29, 0.717) is 0 Å². The molecule has 2 amide bonds. The van der Waals surface area contributed by atoms with Crippen LogP contribution in [0.25, 0.3) is 0 Å². The first-order valence-corrected chi connectivity index (χ1v) is 6.78. The van der Waals surface area contributed by atoms with Gasteiger partial charge >= 0.3 is 5.97 Å². The van der Waals surface area contributed by atoms with Crippen LogP contribution in [0, 0.1) is 0 Å². The van der Waals surface area contributed by atoms with Crippen LogP contribution in [0.5, 0.6) is 0 Å². The predicted octanol–water partition coefficient (Wildman–Crippen LogP) is 0.650. The minimum atomic E-state index is -1.20. The van der Waals surface area contributed by atoms with Gasteiger partial charge in [-0.25, -0.2) is 9.78 Å². The van der Waals surface area contributed by atoms with Gasteiger partial charge in [-0.15, -0.1) is 0 Å². The Bertz CT molecular complexity index is 567. The highest BCUT2D eigenvalue weighted by Crippen LogP contribution is 2.24. The lowest BCUT2D eigenvalue weighted by molar-refractivity contribution is -0.119. The molecule has 1 saturated carbocycles. The zero-order valence-electron chi connectivity index (χ0n) is 11.5. The Balaban J connectivity index is 2.26. The Morgan fingerprint density at radius 1 is 1.24 bits per heavy atom. The van der Waals surface area contributed by atoms with Gasteiger partial charge in [0.2, 0.25) is 5.91 Å². The number of amides is 2. The first-order valence-electron chi connectivity index (χ1n) is 6.78. The van der Waals surface area contributed by atoms with Crippen LogP contribution in [-0.4, -0.2) is 45.4 Å². The number of primary amides is 1. The molecule has 0 saturated heterocycles. The monoisotopic (exact) mass is 291 g/mol. The smallest absolute Gasteiger partial charge is 0.354 e. The highest BCUT2D eigenvalue weighted by molar-refractivity contribution is 5.96. The normalized spacial score (nSPS) is 14.9. The molecule has 7 heteroatoms. The molecule has 0 radical (unpaired) electrons. The van der Waals surface area contributed by atoms with Crippen molar-refractivity contribution in [3.8, 4) is 0 Å². The molecule has 21 heavy (non-hydrogen) atoms. The number of carbonyl (C=O) groups excluding carboxylic acids is 2. The summed E-state index contributed by atoms with van der Waals surface area (Å²) in [5.74, 6) is -2.25. The van der Waals surface area contributed by atoms with Crippen LogP contribution in [0.4, 0.5) is 0 Å². The maximum absolute atomic E-state index is 12.5. The number of rotatable bonds is 5. The zero-order chi connectivity index (χ0) is 15.4. The van der Waals surface area contributed by atoms with Crippen LogP contribution in [0.2, 0.25) is 0 Å². The minimum Gasteiger partial charge on any atom is -0.477 e. The summed E-state index contributed by atoms with van der Waals surface area (Å²) in [6.07, 6.45) is 3.63. The number of aromatic carboxylic acids is 1. The van der Waals surface area contributed by atoms with Crippen molar-refractivity contribution in [2.75, 3.05) is 6.54 Å². The molecule has 1 aromatic rings. The van der Waals surface area contributed by atoms with E-state index in [1.807, 2.05) is 0 Å². The molecule has 2 rings (SSSR count). The first-order chi connectivity index (χ1) is 9.99. The number of hydrogen-bond acceptors (Lipinski definition) is 4. The van der Waals surface area contributed by atoms with Gasteiger partial charge in [-0.1, -0.05) is 18.9 Å². The van der Waals surface area contributed by atoms with Crippen LogP contribution in [0.1, 0.15) is 46.7 Å². The van der Waals surface area contributed by atoms with Crippen LogP contribution >= 0.6 is 0 Å². The lowest BCUT2D eigenvalue weighted by Gasteiger charge is -2.27. The molecule has 1 aliphatic rings. The summed E-state index contributed by atoms with van der Waals surface area (Å²) < 4.78 is 0. The first kappa shape index (κ1) is 15.0. The summed E-state index contributed by atoms with van der Waals surface area (Å²) in [6.45, 7) is -0.178. The fourth-order valence-electron chi connectivity index (χ4n) is 2.57. The van der Waals surface area contributed by atoms with E-state index in [1.165, 1.54) is 23.1 Å². The Morgan fingerprint density at radius 3 is 2.43 bits per heavy atom. The van der Waals surface area contributed by atoms with E-state index in [4.69, 9.17) is 10.8 Å². The van der Waals surface area contributed by atoms with Gasteiger partial charge < -0.3 is 15.7 Å². The van der Waals surface area contributed by atoms with Gasteiger partial charge in [0, 0.05) is 6.04 Å². The van der Waals surface area contributed by atoms with Gasteiger partial charge in [0.05, 0.1) is 6.54 Å². The molecule has 0 spiro atoms. The number of nitrogens with two attached hydrogens (primary N) is 1. The topological polar surface area (TPSA) is 114 Å². The molecular weight excluding hydrogens is 274 g/mol. The van der Waals surface area contributed by atoms with Gasteiger partial charge in [-0.3, -0.25) is 9.59 Å². The van der Waals surface area contributed by atoms with Crippen molar-refractivity contribution >= 4 is 17.8 Å². The summed E-state index contributed by atoms with van der Waals surface area (Å²) in [6, 6.07) is 4.17. The third-order valence-electron chi connectivity index (χ3n) is 3.54.